The zero-order valence-corrected chi connectivity index (χ0v) is 13.6. The molecule has 1 N–H and O–H groups in total. The minimum atomic E-state index is 0.519. The first-order valence-electron chi connectivity index (χ1n) is 8.86. The van der Waals surface area contributed by atoms with Gasteiger partial charge in [0.25, 0.3) is 0 Å². The molecule has 1 heterocycles. The van der Waals surface area contributed by atoms with Gasteiger partial charge in [0.1, 0.15) is 0 Å². The van der Waals surface area contributed by atoms with Crippen LogP contribution in [0.25, 0.3) is 0 Å². The molecule has 2 aliphatic rings. The first-order valence-corrected chi connectivity index (χ1v) is 8.86. The third-order valence-corrected chi connectivity index (χ3v) is 5.38. The molecular weight excluding hydrogens is 256 g/mol. The highest BCUT2D eigenvalue weighted by Crippen LogP contribution is 2.32. The zero-order valence-electron chi connectivity index (χ0n) is 13.6. The highest BCUT2D eigenvalue weighted by Gasteiger charge is 2.35. The van der Waals surface area contributed by atoms with Crippen molar-refractivity contribution >= 4 is 0 Å². The van der Waals surface area contributed by atoms with Crippen molar-refractivity contribution in [2.75, 3.05) is 13.1 Å². The molecule has 2 unspecified atom stereocenters. The second-order valence-corrected chi connectivity index (χ2v) is 6.84. The number of likely N-dealkylation sites (tertiary alicyclic amines) is 1. The van der Waals surface area contributed by atoms with Crippen molar-refractivity contribution in [3.8, 4) is 0 Å². The van der Waals surface area contributed by atoms with Gasteiger partial charge >= 0.3 is 0 Å². The number of nitrogens with one attached hydrogen (secondary N) is 1. The first kappa shape index (κ1) is 15.1. The van der Waals surface area contributed by atoms with E-state index in [0.29, 0.717) is 12.1 Å². The Hall–Kier alpha value is -0.860. The van der Waals surface area contributed by atoms with E-state index < -0.39 is 0 Å². The third kappa shape index (κ3) is 3.67. The van der Waals surface area contributed by atoms with Crippen LogP contribution in [0.3, 0.4) is 0 Å². The topological polar surface area (TPSA) is 15.3 Å². The molecule has 2 fully saturated rings. The standard InChI is InChI=1S/C19H30N2/c1-3-15(4-2)19(16-8-6-5-7-9-16)20-17-12-13-21(14-17)18-10-11-18/h5-9,15,17-20H,3-4,10-14H2,1-2H3. The number of hydrogen-bond donors (Lipinski definition) is 1. The molecule has 3 rings (SSSR count). The summed E-state index contributed by atoms with van der Waals surface area (Å²) in [6.07, 6.45) is 6.69. The van der Waals surface area contributed by atoms with Gasteiger partial charge in [-0.2, -0.15) is 0 Å². The van der Waals surface area contributed by atoms with Gasteiger partial charge in [0, 0.05) is 31.2 Å². The summed E-state index contributed by atoms with van der Waals surface area (Å²) >= 11 is 0. The summed E-state index contributed by atoms with van der Waals surface area (Å²) in [5.41, 5.74) is 1.47. The smallest absolute Gasteiger partial charge is 0.0351 e. The molecule has 0 aromatic heterocycles. The van der Waals surface area contributed by atoms with E-state index in [0.717, 1.165) is 12.0 Å². The fourth-order valence-electron chi connectivity index (χ4n) is 3.87. The second kappa shape index (κ2) is 6.93. The van der Waals surface area contributed by atoms with Crippen molar-refractivity contribution in [2.45, 2.75) is 64.1 Å². The quantitative estimate of drug-likeness (QED) is 0.815. The van der Waals surface area contributed by atoms with Crippen LogP contribution in [0.4, 0.5) is 0 Å². The summed E-state index contributed by atoms with van der Waals surface area (Å²) in [5.74, 6) is 0.738. The molecule has 2 nitrogen and oxygen atoms in total. The lowest BCUT2D eigenvalue weighted by Gasteiger charge is -2.30. The van der Waals surface area contributed by atoms with E-state index in [2.05, 4.69) is 54.4 Å². The van der Waals surface area contributed by atoms with Crippen LogP contribution in [0.5, 0.6) is 0 Å². The van der Waals surface area contributed by atoms with Crippen molar-refractivity contribution in [1.82, 2.24) is 10.2 Å². The van der Waals surface area contributed by atoms with Crippen LogP contribution in [0.2, 0.25) is 0 Å². The summed E-state index contributed by atoms with van der Waals surface area (Å²) in [7, 11) is 0. The van der Waals surface area contributed by atoms with Crippen molar-refractivity contribution in [3.05, 3.63) is 35.9 Å². The Bertz CT molecular complexity index is 422. The summed E-state index contributed by atoms with van der Waals surface area (Å²) in [6.45, 7) is 7.22. The number of nitrogens with zero attached hydrogens (tertiary/aromatic N) is 1. The van der Waals surface area contributed by atoms with E-state index in [1.54, 1.807) is 0 Å². The second-order valence-electron chi connectivity index (χ2n) is 6.84. The average Bonchev–Trinajstić information content (AvgIpc) is 3.28. The normalized spacial score (nSPS) is 24.6. The van der Waals surface area contributed by atoms with Crippen LogP contribution in [-0.4, -0.2) is 30.1 Å². The molecule has 0 amide bonds. The van der Waals surface area contributed by atoms with Gasteiger partial charge in [-0.3, -0.25) is 4.90 Å². The molecule has 0 radical (unpaired) electrons. The third-order valence-electron chi connectivity index (χ3n) is 5.38. The fraction of sp³-hybridized carbons (Fsp3) is 0.684. The molecule has 116 valence electrons. The zero-order chi connectivity index (χ0) is 14.7. The maximum Gasteiger partial charge on any atom is 0.0351 e. The minimum absolute atomic E-state index is 0.519. The predicted molar refractivity (Wildman–Crippen MR) is 89.4 cm³/mol. The van der Waals surface area contributed by atoms with Gasteiger partial charge in [-0.25, -0.2) is 0 Å². The molecule has 0 spiro atoms. The van der Waals surface area contributed by atoms with Crippen LogP contribution >= 0.6 is 0 Å². The summed E-state index contributed by atoms with van der Waals surface area (Å²) in [6, 6.07) is 13.2. The van der Waals surface area contributed by atoms with Gasteiger partial charge in [0.2, 0.25) is 0 Å². The number of hydrogen-bond acceptors (Lipinski definition) is 2. The van der Waals surface area contributed by atoms with E-state index in [1.807, 2.05) is 0 Å². The minimum Gasteiger partial charge on any atom is -0.306 e. The SMILES string of the molecule is CCC(CC)C(NC1CCN(C2CC2)C1)c1ccccc1. The molecule has 2 atom stereocenters. The largest absolute Gasteiger partial charge is 0.306 e. The molecule has 1 aromatic rings. The maximum absolute atomic E-state index is 4.01. The Morgan fingerprint density at radius 2 is 1.81 bits per heavy atom. The van der Waals surface area contributed by atoms with Crippen molar-refractivity contribution in [2.24, 2.45) is 5.92 Å². The van der Waals surface area contributed by atoms with Crippen LogP contribution in [-0.2, 0) is 0 Å². The molecule has 1 saturated carbocycles. The Kier molecular flexibility index (Phi) is 4.97. The summed E-state index contributed by atoms with van der Waals surface area (Å²) in [5, 5.41) is 4.01. The Morgan fingerprint density at radius 1 is 1.10 bits per heavy atom. The lowest BCUT2D eigenvalue weighted by atomic mass is 9.88. The van der Waals surface area contributed by atoms with E-state index in [4.69, 9.17) is 0 Å². The number of benzene rings is 1. The van der Waals surface area contributed by atoms with Crippen molar-refractivity contribution in [3.63, 3.8) is 0 Å². The first-order chi connectivity index (χ1) is 10.3. The van der Waals surface area contributed by atoms with Crippen LogP contribution in [0, 0.1) is 5.92 Å². The Labute approximate surface area is 129 Å². The molecule has 2 heteroatoms. The molecule has 1 aliphatic heterocycles. The van der Waals surface area contributed by atoms with Gasteiger partial charge in [0.15, 0.2) is 0 Å². The van der Waals surface area contributed by atoms with Gasteiger partial charge in [-0.05, 0) is 30.7 Å². The van der Waals surface area contributed by atoms with E-state index in [9.17, 15) is 0 Å². The van der Waals surface area contributed by atoms with Gasteiger partial charge < -0.3 is 5.32 Å². The lowest BCUT2D eigenvalue weighted by Crippen LogP contribution is -2.38. The average molecular weight is 286 g/mol. The monoisotopic (exact) mass is 286 g/mol. The molecule has 1 aliphatic carbocycles. The van der Waals surface area contributed by atoms with Crippen LogP contribution in [0.1, 0.15) is 57.6 Å². The Morgan fingerprint density at radius 3 is 2.43 bits per heavy atom. The van der Waals surface area contributed by atoms with Crippen molar-refractivity contribution < 1.29 is 0 Å². The molecule has 1 aromatic carbocycles. The van der Waals surface area contributed by atoms with Gasteiger partial charge in [-0.1, -0.05) is 57.0 Å². The van der Waals surface area contributed by atoms with Gasteiger partial charge in [-0.15, -0.1) is 0 Å². The van der Waals surface area contributed by atoms with E-state index >= 15 is 0 Å². The predicted octanol–water partition coefficient (Wildman–Crippen LogP) is 3.99. The summed E-state index contributed by atoms with van der Waals surface area (Å²) in [4.78, 5) is 2.70. The van der Waals surface area contributed by atoms with Crippen molar-refractivity contribution in [1.29, 1.82) is 0 Å². The summed E-state index contributed by atoms with van der Waals surface area (Å²) < 4.78 is 0. The highest BCUT2D eigenvalue weighted by molar-refractivity contribution is 5.20. The molecule has 0 bridgehead atoms. The van der Waals surface area contributed by atoms with E-state index in [1.165, 1.54) is 50.8 Å². The fourth-order valence-corrected chi connectivity index (χ4v) is 3.87. The highest BCUT2D eigenvalue weighted by atomic mass is 15.2. The molecular formula is C19H30N2. The van der Waals surface area contributed by atoms with E-state index in [-0.39, 0.29) is 0 Å². The lowest BCUT2D eigenvalue weighted by molar-refractivity contribution is 0.284. The molecule has 1 saturated heterocycles. The van der Waals surface area contributed by atoms with Gasteiger partial charge in [0.05, 0.1) is 0 Å². The van der Waals surface area contributed by atoms with Crippen LogP contribution in [0.15, 0.2) is 30.3 Å². The molecule has 21 heavy (non-hydrogen) atoms. The number of rotatable bonds is 7. The van der Waals surface area contributed by atoms with Crippen LogP contribution < -0.4 is 5.32 Å². The Balaban J connectivity index is 1.67. The maximum atomic E-state index is 4.01.